The van der Waals surface area contributed by atoms with E-state index in [0.717, 1.165) is 25.9 Å². The second kappa shape index (κ2) is 10.5. The van der Waals surface area contributed by atoms with E-state index in [-0.39, 0.29) is 5.91 Å². The summed E-state index contributed by atoms with van der Waals surface area (Å²) in [5, 5.41) is 4.55. The van der Waals surface area contributed by atoms with Crippen molar-refractivity contribution >= 4 is 16.8 Å². The van der Waals surface area contributed by atoms with Crippen molar-refractivity contribution in [2.24, 2.45) is 5.92 Å². The number of nitrogens with one attached hydrogen (secondary N) is 1. The number of methoxy groups -OCH3 is 1. The van der Waals surface area contributed by atoms with Crippen LogP contribution >= 0.6 is 0 Å². The molecule has 0 radical (unpaired) electrons. The van der Waals surface area contributed by atoms with Gasteiger partial charge >= 0.3 is 0 Å². The molecule has 4 rings (SSSR count). The molecule has 2 aliphatic rings. The summed E-state index contributed by atoms with van der Waals surface area (Å²) in [7, 11) is 1.74. The first-order valence-electron chi connectivity index (χ1n) is 11.8. The highest BCUT2D eigenvalue weighted by atomic mass is 16.5. The van der Waals surface area contributed by atoms with Gasteiger partial charge in [0.25, 0.3) is 0 Å². The van der Waals surface area contributed by atoms with Crippen LogP contribution in [-0.4, -0.2) is 54.8 Å². The van der Waals surface area contributed by atoms with Crippen LogP contribution in [-0.2, 0) is 22.5 Å². The zero-order valence-corrected chi connectivity index (χ0v) is 18.4. The molecule has 5 nitrogen and oxygen atoms in total. The van der Waals surface area contributed by atoms with Crippen LogP contribution in [0.5, 0.6) is 0 Å². The molecule has 2 unspecified atom stereocenters. The van der Waals surface area contributed by atoms with Gasteiger partial charge in [-0.2, -0.15) is 0 Å². The average molecular weight is 412 g/mol. The number of aromatic nitrogens is 1. The van der Waals surface area contributed by atoms with Crippen LogP contribution in [0.2, 0.25) is 0 Å². The molecule has 1 aromatic carbocycles. The van der Waals surface area contributed by atoms with Gasteiger partial charge in [-0.05, 0) is 69.2 Å². The van der Waals surface area contributed by atoms with Gasteiger partial charge in [0.15, 0.2) is 0 Å². The van der Waals surface area contributed by atoms with Crippen molar-refractivity contribution in [3.63, 3.8) is 0 Å². The highest BCUT2D eigenvalue weighted by molar-refractivity contribution is 5.84. The maximum absolute atomic E-state index is 12.5. The molecule has 1 amide bonds. The van der Waals surface area contributed by atoms with Crippen LogP contribution in [0.3, 0.4) is 0 Å². The number of carbonyl (C=O) groups is 1. The second-order valence-corrected chi connectivity index (χ2v) is 9.02. The van der Waals surface area contributed by atoms with E-state index in [1.165, 1.54) is 61.7 Å². The molecule has 164 valence electrons. The van der Waals surface area contributed by atoms with Crippen LogP contribution in [0.4, 0.5) is 0 Å². The molecule has 2 aliphatic heterocycles. The maximum atomic E-state index is 12.5. The number of carbonyl (C=O) groups excluding carboxylic acids is 1. The van der Waals surface area contributed by atoms with E-state index in [2.05, 4.69) is 45.2 Å². The molecule has 1 aromatic heterocycles. The Kier molecular flexibility index (Phi) is 7.45. The molecule has 0 aliphatic carbocycles. The Labute approximate surface area is 180 Å². The number of benzene rings is 1. The molecule has 0 spiro atoms. The summed E-state index contributed by atoms with van der Waals surface area (Å²) in [5.74, 6) is 0.854. The molecule has 2 saturated heterocycles. The van der Waals surface area contributed by atoms with Crippen molar-refractivity contribution < 1.29 is 9.53 Å². The van der Waals surface area contributed by atoms with Crippen LogP contribution in [0.25, 0.3) is 10.9 Å². The van der Waals surface area contributed by atoms with Gasteiger partial charge in [0.1, 0.15) is 0 Å². The maximum Gasteiger partial charge on any atom is 0.220 e. The Bertz CT molecular complexity index is 829. The third-order valence-corrected chi connectivity index (χ3v) is 7.05. The largest absolute Gasteiger partial charge is 0.383 e. The quantitative estimate of drug-likeness (QED) is 0.679. The fraction of sp³-hybridized carbons (Fsp3) is 0.640. The van der Waals surface area contributed by atoms with Crippen molar-refractivity contribution in [2.45, 2.75) is 64.0 Å². The van der Waals surface area contributed by atoms with Gasteiger partial charge < -0.3 is 19.5 Å². The molecule has 2 fully saturated rings. The van der Waals surface area contributed by atoms with Crippen molar-refractivity contribution in [3.8, 4) is 0 Å². The molecular formula is C25H37N3O2. The summed E-state index contributed by atoms with van der Waals surface area (Å²) in [6.45, 7) is 4.94. The molecule has 2 aromatic rings. The van der Waals surface area contributed by atoms with E-state index in [9.17, 15) is 4.79 Å². The van der Waals surface area contributed by atoms with E-state index in [1.54, 1.807) is 7.11 Å². The van der Waals surface area contributed by atoms with E-state index >= 15 is 0 Å². The Morgan fingerprint density at radius 2 is 2.03 bits per heavy atom. The monoisotopic (exact) mass is 411 g/mol. The number of piperidine rings is 2. The van der Waals surface area contributed by atoms with Crippen LogP contribution in [0, 0.1) is 5.92 Å². The Hall–Kier alpha value is -1.85. The van der Waals surface area contributed by atoms with Crippen LogP contribution in [0.15, 0.2) is 30.5 Å². The van der Waals surface area contributed by atoms with Gasteiger partial charge in [0.2, 0.25) is 5.91 Å². The Morgan fingerprint density at radius 1 is 1.17 bits per heavy atom. The van der Waals surface area contributed by atoms with Crippen molar-refractivity contribution in [1.82, 2.24) is 14.8 Å². The normalized spacial score (nSPS) is 22.2. The van der Waals surface area contributed by atoms with Crippen LogP contribution < -0.4 is 5.32 Å². The molecule has 5 heteroatoms. The summed E-state index contributed by atoms with van der Waals surface area (Å²) >= 11 is 0. The number of hydrogen-bond donors (Lipinski definition) is 1. The predicted octanol–water partition coefficient (Wildman–Crippen LogP) is 3.99. The van der Waals surface area contributed by atoms with E-state index < -0.39 is 0 Å². The van der Waals surface area contributed by atoms with Gasteiger partial charge in [0, 0.05) is 49.8 Å². The van der Waals surface area contributed by atoms with E-state index in [0.29, 0.717) is 25.0 Å². The Morgan fingerprint density at radius 3 is 2.93 bits per heavy atom. The number of ether oxygens (including phenoxy) is 1. The lowest BCUT2D eigenvalue weighted by Gasteiger charge is -2.44. The third-order valence-electron chi connectivity index (χ3n) is 7.05. The predicted molar refractivity (Wildman–Crippen MR) is 122 cm³/mol. The first-order valence-corrected chi connectivity index (χ1v) is 11.8. The summed E-state index contributed by atoms with van der Waals surface area (Å²) in [6.07, 6.45) is 11.2. The van der Waals surface area contributed by atoms with Gasteiger partial charge in [-0.3, -0.25) is 4.79 Å². The number of hydrogen-bond acceptors (Lipinski definition) is 3. The van der Waals surface area contributed by atoms with Crippen LogP contribution in [0.1, 0.15) is 50.5 Å². The number of amides is 1. The van der Waals surface area contributed by atoms with Crippen molar-refractivity contribution in [3.05, 3.63) is 36.0 Å². The molecule has 2 atom stereocenters. The fourth-order valence-corrected chi connectivity index (χ4v) is 5.48. The molecule has 1 N–H and O–H groups in total. The number of para-hydroxylation sites is 1. The topological polar surface area (TPSA) is 46.5 Å². The van der Waals surface area contributed by atoms with Gasteiger partial charge in [-0.25, -0.2) is 0 Å². The highest BCUT2D eigenvalue weighted by Crippen LogP contribution is 2.30. The van der Waals surface area contributed by atoms with Gasteiger partial charge in [0.05, 0.1) is 6.61 Å². The number of nitrogens with zero attached hydrogens (tertiary/aromatic N) is 2. The first kappa shape index (κ1) is 21.4. The summed E-state index contributed by atoms with van der Waals surface area (Å²) < 4.78 is 7.52. The number of rotatable bonds is 9. The molecular weight excluding hydrogens is 374 g/mol. The van der Waals surface area contributed by atoms with Crippen molar-refractivity contribution in [2.75, 3.05) is 33.4 Å². The van der Waals surface area contributed by atoms with Gasteiger partial charge in [-0.1, -0.05) is 24.6 Å². The lowest BCUT2D eigenvalue weighted by molar-refractivity contribution is -0.121. The zero-order valence-electron chi connectivity index (χ0n) is 18.4. The minimum atomic E-state index is 0.214. The number of fused-ring (bicyclic) bond motifs is 2. The minimum Gasteiger partial charge on any atom is -0.383 e. The third kappa shape index (κ3) is 5.06. The van der Waals surface area contributed by atoms with E-state index in [4.69, 9.17) is 4.74 Å². The Balaban J connectivity index is 1.26. The second-order valence-electron chi connectivity index (χ2n) is 9.02. The van der Waals surface area contributed by atoms with Gasteiger partial charge in [-0.15, -0.1) is 0 Å². The average Bonchev–Trinajstić information content (AvgIpc) is 3.14. The molecule has 30 heavy (non-hydrogen) atoms. The van der Waals surface area contributed by atoms with Crippen molar-refractivity contribution in [1.29, 1.82) is 0 Å². The molecule has 0 saturated carbocycles. The first-order chi connectivity index (χ1) is 14.8. The summed E-state index contributed by atoms with van der Waals surface area (Å²) in [5.41, 5.74) is 2.59. The molecule has 3 heterocycles. The summed E-state index contributed by atoms with van der Waals surface area (Å²) in [6, 6.07) is 9.23. The lowest BCUT2D eigenvalue weighted by atomic mass is 9.83. The summed E-state index contributed by atoms with van der Waals surface area (Å²) in [4.78, 5) is 15.2. The molecule has 0 bridgehead atoms. The highest BCUT2D eigenvalue weighted by Gasteiger charge is 2.32. The SMILES string of the molecule is COCCn1cc(CCCC(=O)NCC2CCCN3CCCCC23)c2ccccc21. The zero-order chi connectivity index (χ0) is 20.8. The lowest BCUT2D eigenvalue weighted by Crippen LogP contribution is -2.50. The minimum absolute atomic E-state index is 0.214. The number of aryl methyl sites for hydroxylation is 1. The standard InChI is InChI=1S/C25H37N3O2/c1-30-17-16-28-19-21(22-10-2-3-12-24(22)28)8-6-13-25(29)26-18-20-9-7-15-27-14-5-4-11-23(20)27/h2-3,10,12,19-20,23H,4-9,11,13-18H2,1H3,(H,26,29). The van der Waals surface area contributed by atoms with E-state index in [1.807, 2.05) is 0 Å². The smallest absolute Gasteiger partial charge is 0.220 e. The fourth-order valence-electron chi connectivity index (χ4n) is 5.48.